The average molecular weight is 430 g/mol. The molecule has 1 heterocycles. The molecule has 0 aliphatic heterocycles. The highest BCUT2D eigenvalue weighted by atomic mass is 32.2. The first-order chi connectivity index (χ1) is 14.2. The molecule has 0 bridgehead atoms. The zero-order valence-electron chi connectivity index (χ0n) is 17.6. The number of aliphatic hydroxyl groups is 1. The van der Waals surface area contributed by atoms with Gasteiger partial charge in [0.25, 0.3) is 10.0 Å². The monoisotopic (exact) mass is 429 g/mol. The van der Waals surface area contributed by atoms with Crippen LogP contribution >= 0.6 is 0 Å². The molecule has 1 N–H and O–H groups in total. The van der Waals surface area contributed by atoms with Crippen molar-refractivity contribution in [1.82, 2.24) is 9.78 Å². The van der Waals surface area contributed by atoms with Gasteiger partial charge in [0.05, 0.1) is 42.6 Å². The van der Waals surface area contributed by atoms with Crippen LogP contribution < -0.4 is 9.04 Å². The molecule has 7 nitrogen and oxygen atoms in total. The highest BCUT2D eigenvalue weighted by molar-refractivity contribution is 7.92. The molecule has 3 aromatic rings. The van der Waals surface area contributed by atoms with Crippen molar-refractivity contribution in [3.05, 3.63) is 71.5 Å². The minimum absolute atomic E-state index is 0.110. The number of aliphatic hydroxyl groups excluding tert-OH is 1. The van der Waals surface area contributed by atoms with Crippen molar-refractivity contribution in [1.29, 1.82) is 0 Å². The second-order valence-corrected chi connectivity index (χ2v) is 9.17. The van der Waals surface area contributed by atoms with Crippen molar-refractivity contribution < 1.29 is 18.3 Å². The fourth-order valence-electron chi connectivity index (χ4n) is 3.24. The van der Waals surface area contributed by atoms with E-state index in [1.807, 2.05) is 26.8 Å². The average Bonchev–Trinajstić information content (AvgIpc) is 3.03. The number of hydrogen-bond donors (Lipinski definition) is 1. The summed E-state index contributed by atoms with van der Waals surface area (Å²) in [6.45, 7) is 5.75. The Morgan fingerprint density at radius 3 is 2.23 bits per heavy atom. The molecule has 30 heavy (non-hydrogen) atoms. The van der Waals surface area contributed by atoms with E-state index in [2.05, 4.69) is 5.10 Å². The lowest BCUT2D eigenvalue weighted by atomic mass is 10.2. The first kappa shape index (κ1) is 21.9. The Hall–Kier alpha value is -2.84. The van der Waals surface area contributed by atoms with E-state index < -0.39 is 16.1 Å². The van der Waals surface area contributed by atoms with Crippen LogP contribution in [0.2, 0.25) is 0 Å². The molecule has 0 unspecified atom stereocenters. The molecule has 0 amide bonds. The van der Waals surface area contributed by atoms with Crippen LogP contribution in [0.3, 0.4) is 0 Å². The van der Waals surface area contributed by atoms with Gasteiger partial charge in [-0.25, -0.2) is 8.42 Å². The third-order valence-electron chi connectivity index (χ3n) is 4.83. The molecule has 0 saturated heterocycles. The molecule has 3 rings (SSSR count). The van der Waals surface area contributed by atoms with E-state index in [4.69, 9.17) is 4.74 Å². The lowest BCUT2D eigenvalue weighted by molar-refractivity contribution is 0.157. The van der Waals surface area contributed by atoms with Crippen LogP contribution in [0, 0.1) is 20.8 Å². The van der Waals surface area contributed by atoms with Gasteiger partial charge in [0, 0.05) is 5.69 Å². The van der Waals surface area contributed by atoms with Gasteiger partial charge in [0.2, 0.25) is 0 Å². The van der Waals surface area contributed by atoms with Crippen molar-refractivity contribution >= 4 is 15.7 Å². The minimum atomic E-state index is -3.88. The van der Waals surface area contributed by atoms with E-state index in [1.165, 1.54) is 4.31 Å². The summed E-state index contributed by atoms with van der Waals surface area (Å²) in [6.07, 6.45) is -0.953. The molecule has 1 aromatic heterocycles. The number of rotatable bonds is 8. The van der Waals surface area contributed by atoms with Gasteiger partial charge >= 0.3 is 0 Å². The van der Waals surface area contributed by atoms with Crippen LogP contribution in [-0.4, -0.2) is 43.1 Å². The molecule has 160 valence electrons. The van der Waals surface area contributed by atoms with Gasteiger partial charge in [0.15, 0.2) is 0 Å². The fraction of sp³-hybridized carbons (Fsp3) is 0.318. The van der Waals surface area contributed by atoms with Crippen LogP contribution in [-0.2, 0) is 16.6 Å². The normalized spacial score (nSPS) is 12.6. The molecule has 0 saturated carbocycles. The maximum atomic E-state index is 13.4. The quantitative estimate of drug-likeness (QED) is 0.595. The first-order valence-electron chi connectivity index (χ1n) is 9.63. The van der Waals surface area contributed by atoms with Gasteiger partial charge in [-0.2, -0.15) is 5.10 Å². The van der Waals surface area contributed by atoms with Crippen LogP contribution in [0.5, 0.6) is 5.75 Å². The smallest absolute Gasteiger partial charge is 0.264 e. The molecule has 0 spiro atoms. The summed E-state index contributed by atoms with van der Waals surface area (Å²) in [5.74, 6) is 0.620. The van der Waals surface area contributed by atoms with E-state index in [-0.39, 0.29) is 18.0 Å². The van der Waals surface area contributed by atoms with E-state index >= 15 is 0 Å². The summed E-state index contributed by atoms with van der Waals surface area (Å²) in [4.78, 5) is 0.169. The zero-order valence-corrected chi connectivity index (χ0v) is 18.4. The molecule has 0 radical (unpaired) electrons. The maximum Gasteiger partial charge on any atom is 0.264 e. The number of sulfonamides is 1. The number of aromatic nitrogens is 2. The Morgan fingerprint density at radius 1 is 1.07 bits per heavy atom. The standard InChI is InChI=1S/C22H27N3O4S/c1-16-5-11-22(12-6-16)30(27,28)25(19-7-9-21(29-4)10-8-19)15-20(26)14-24-18(3)13-17(2)23-24/h5-13,20,26H,14-15H2,1-4H3/t20-/m1/s1. The largest absolute Gasteiger partial charge is 0.497 e. The van der Waals surface area contributed by atoms with Gasteiger partial charge in [-0.15, -0.1) is 0 Å². The number of methoxy groups -OCH3 is 1. The second-order valence-electron chi connectivity index (χ2n) is 7.31. The number of benzene rings is 2. The van der Waals surface area contributed by atoms with Crippen molar-refractivity contribution in [2.75, 3.05) is 18.0 Å². The Labute approximate surface area is 177 Å². The van der Waals surface area contributed by atoms with E-state index in [9.17, 15) is 13.5 Å². The third-order valence-corrected chi connectivity index (χ3v) is 6.64. The van der Waals surface area contributed by atoms with Crippen LogP contribution in [0.15, 0.2) is 59.5 Å². The van der Waals surface area contributed by atoms with Crippen molar-refractivity contribution in [3.8, 4) is 5.75 Å². The predicted molar refractivity (Wildman–Crippen MR) is 116 cm³/mol. The number of aryl methyl sites for hydroxylation is 3. The first-order valence-corrected chi connectivity index (χ1v) is 11.1. The van der Waals surface area contributed by atoms with Crippen LogP contribution in [0.4, 0.5) is 5.69 Å². The van der Waals surface area contributed by atoms with Gasteiger partial charge in [-0.1, -0.05) is 17.7 Å². The van der Waals surface area contributed by atoms with Gasteiger partial charge in [-0.05, 0) is 63.2 Å². The minimum Gasteiger partial charge on any atom is -0.497 e. The maximum absolute atomic E-state index is 13.4. The summed E-state index contributed by atoms with van der Waals surface area (Å²) in [5.41, 5.74) is 3.17. The van der Waals surface area contributed by atoms with Crippen LogP contribution in [0.25, 0.3) is 0 Å². The Kier molecular flexibility index (Phi) is 6.48. The summed E-state index contributed by atoms with van der Waals surface area (Å²) in [5, 5.41) is 15.1. The van der Waals surface area contributed by atoms with E-state index in [1.54, 1.807) is 60.3 Å². The van der Waals surface area contributed by atoms with Gasteiger partial charge in [0.1, 0.15) is 5.75 Å². The number of ether oxygens (including phenoxy) is 1. The molecule has 2 aromatic carbocycles. The summed E-state index contributed by atoms with van der Waals surface area (Å²) < 4.78 is 34.9. The molecule has 1 atom stereocenters. The molecule has 8 heteroatoms. The third kappa shape index (κ3) is 4.83. The molecular weight excluding hydrogens is 402 g/mol. The lowest BCUT2D eigenvalue weighted by Crippen LogP contribution is -2.39. The SMILES string of the molecule is COc1ccc(N(C[C@H](O)Cn2nc(C)cc2C)S(=O)(=O)c2ccc(C)cc2)cc1. The topological polar surface area (TPSA) is 84.7 Å². The molecular formula is C22H27N3O4S. The van der Waals surface area contributed by atoms with Crippen molar-refractivity contribution in [3.63, 3.8) is 0 Å². The van der Waals surface area contributed by atoms with Crippen LogP contribution in [0.1, 0.15) is 17.0 Å². The summed E-state index contributed by atoms with van der Waals surface area (Å²) >= 11 is 0. The van der Waals surface area contributed by atoms with Gasteiger partial charge < -0.3 is 9.84 Å². The molecule has 0 aliphatic carbocycles. The van der Waals surface area contributed by atoms with E-state index in [0.29, 0.717) is 11.4 Å². The number of nitrogens with zero attached hydrogens (tertiary/aromatic N) is 3. The highest BCUT2D eigenvalue weighted by Gasteiger charge is 2.27. The highest BCUT2D eigenvalue weighted by Crippen LogP contribution is 2.26. The Bertz CT molecular complexity index is 1090. The van der Waals surface area contributed by atoms with Crippen molar-refractivity contribution in [2.24, 2.45) is 0 Å². The van der Waals surface area contributed by atoms with Crippen molar-refractivity contribution in [2.45, 2.75) is 38.3 Å². The fourth-order valence-corrected chi connectivity index (χ4v) is 4.74. The molecule has 0 aliphatic rings. The Balaban J connectivity index is 1.94. The second kappa shape index (κ2) is 8.89. The van der Waals surface area contributed by atoms with Gasteiger partial charge in [-0.3, -0.25) is 8.99 Å². The summed E-state index contributed by atoms with van der Waals surface area (Å²) in [6, 6.07) is 15.3. The number of hydrogen-bond acceptors (Lipinski definition) is 5. The lowest BCUT2D eigenvalue weighted by Gasteiger charge is -2.27. The summed E-state index contributed by atoms with van der Waals surface area (Å²) in [7, 11) is -2.33. The zero-order chi connectivity index (χ0) is 21.9. The predicted octanol–water partition coefficient (Wildman–Crippen LogP) is 3.07. The molecule has 0 fully saturated rings. The Morgan fingerprint density at radius 2 is 1.70 bits per heavy atom. The van der Waals surface area contributed by atoms with E-state index in [0.717, 1.165) is 17.0 Å². The number of anilines is 1.